The van der Waals surface area contributed by atoms with Crippen molar-refractivity contribution in [1.29, 1.82) is 0 Å². The fourth-order valence-electron chi connectivity index (χ4n) is 1.89. The van der Waals surface area contributed by atoms with Crippen LogP contribution in [0, 0.1) is 6.92 Å². The van der Waals surface area contributed by atoms with E-state index < -0.39 is 0 Å². The van der Waals surface area contributed by atoms with E-state index in [1.54, 1.807) is 6.07 Å². The van der Waals surface area contributed by atoms with Gasteiger partial charge in [0.1, 0.15) is 5.69 Å². The lowest BCUT2D eigenvalue weighted by Gasteiger charge is -2.26. The highest BCUT2D eigenvalue weighted by Crippen LogP contribution is 1.97. The summed E-state index contributed by atoms with van der Waals surface area (Å²) in [5.41, 5.74) is 1.36. The smallest absolute Gasteiger partial charge is 0.271 e. The summed E-state index contributed by atoms with van der Waals surface area (Å²) in [5.74, 6) is -0.107. The van der Waals surface area contributed by atoms with Gasteiger partial charge in [-0.3, -0.25) is 14.8 Å². The van der Waals surface area contributed by atoms with Gasteiger partial charge in [0, 0.05) is 45.0 Å². The van der Waals surface area contributed by atoms with E-state index in [0.29, 0.717) is 12.2 Å². The molecule has 0 aromatic carbocycles. The number of nitrogens with one attached hydrogen (secondary N) is 3. The number of rotatable bonds is 4. The summed E-state index contributed by atoms with van der Waals surface area (Å²) >= 11 is 0. The molecule has 1 aliphatic heterocycles. The molecule has 2 heterocycles. The quantitative estimate of drug-likeness (QED) is 0.709. The van der Waals surface area contributed by atoms with Gasteiger partial charge in [-0.25, -0.2) is 0 Å². The highest BCUT2D eigenvalue weighted by molar-refractivity contribution is 5.92. The van der Waals surface area contributed by atoms with E-state index in [2.05, 4.69) is 25.7 Å². The van der Waals surface area contributed by atoms with Crippen molar-refractivity contribution < 1.29 is 4.79 Å². The van der Waals surface area contributed by atoms with E-state index in [-0.39, 0.29) is 18.3 Å². The molecule has 0 unspecified atom stereocenters. The number of amides is 1. The van der Waals surface area contributed by atoms with Crippen LogP contribution in [0.1, 0.15) is 16.2 Å². The number of aryl methyl sites for hydroxylation is 1. The molecule has 0 spiro atoms. The molecule has 102 valence electrons. The number of piperazine rings is 1. The predicted octanol–water partition coefficient (Wildman–Crippen LogP) is -0.225. The molecule has 2 rings (SSSR count). The second-order valence-corrected chi connectivity index (χ2v) is 4.28. The second kappa shape index (κ2) is 7.35. The number of carbonyl (C=O) groups is 1. The third kappa shape index (κ3) is 4.29. The first-order chi connectivity index (χ1) is 8.25. The maximum absolute atomic E-state index is 11.7. The normalized spacial score (nSPS) is 16.1. The highest BCUT2D eigenvalue weighted by atomic mass is 35.5. The Labute approximate surface area is 113 Å². The van der Waals surface area contributed by atoms with E-state index in [1.807, 2.05) is 6.92 Å². The van der Waals surface area contributed by atoms with Gasteiger partial charge < -0.3 is 10.6 Å². The lowest BCUT2D eigenvalue weighted by Crippen LogP contribution is -2.46. The van der Waals surface area contributed by atoms with Gasteiger partial charge in [-0.05, 0) is 13.0 Å². The van der Waals surface area contributed by atoms with Crippen molar-refractivity contribution in [3.63, 3.8) is 0 Å². The molecule has 0 aliphatic carbocycles. The van der Waals surface area contributed by atoms with Crippen LogP contribution >= 0.6 is 12.4 Å². The van der Waals surface area contributed by atoms with Gasteiger partial charge in [0.25, 0.3) is 5.91 Å². The van der Waals surface area contributed by atoms with Crippen LogP contribution in [0.3, 0.4) is 0 Å². The number of carbonyl (C=O) groups excluding carboxylic acids is 1. The minimum atomic E-state index is -0.107. The molecule has 1 amide bonds. The van der Waals surface area contributed by atoms with Crippen molar-refractivity contribution in [3.8, 4) is 0 Å². The Morgan fingerprint density at radius 2 is 2.22 bits per heavy atom. The summed E-state index contributed by atoms with van der Waals surface area (Å²) in [6.45, 7) is 7.62. The lowest BCUT2D eigenvalue weighted by atomic mass is 10.3. The molecule has 0 radical (unpaired) electrons. The third-order valence-electron chi connectivity index (χ3n) is 2.86. The largest absolute Gasteiger partial charge is 0.349 e. The maximum Gasteiger partial charge on any atom is 0.271 e. The van der Waals surface area contributed by atoms with E-state index in [4.69, 9.17) is 0 Å². The Bertz CT molecular complexity index is 375. The Morgan fingerprint density at radius 3 is 2.83 bits per heavy atom. The number of H-pyrrole nitrogens is 1. The minimum absolute atomic E-state index is 0. The Balaban J connectivity index is 0.00000162. The first-order valence-electron chi connectivity index (χ1n) is 5.99. The zero-order valence-electron chi connectivity index (χ0n) is 10.5. The number of hydrogen-bond donors (Lipinski definition) is 3. The molecule has 1 aliphatic rings. The molecule has 1 aromatic heterocycles. The molecule has 6 nitrogen and oxygen atoms in total. The van der Waals surface area contributed by atoms with E-state index in [0.717, 1.165) is 38.4 Å². The van der Waals surface area contributed by atoms with Crippen LogP contribution in [0.5, 0.6) is 0 Å². The predicted molar refractivity (Wildman–Crippen MR) is 72.2 cm³/mol. The van der Waals surface area contributed by atoms with Crippen molar-refractivity contribution >= 4 is 18.3 Å². The summed E-state index contributed by atoms with van der Waals surface area (Å²) in [6, 6.07) is 1.75. The molecule has 18 heavy (non-hydrogen) atoms. The molecule has 1 aromatic rings. The molecule has 7 heteroatoms. The average molecular weight is 274 g/mol. The molecular formula is C11H20ClN5O. The Hall–Kier alpha value is -1.11. The molecule has 0 atom stereocenters. The van der Waals surface area contributed by atoms with Crippen LogP contribution in [0.4, 0.5) is 0 Å². The van der Waals surface area contributed by atoms with Gasteiger partial charge in [0.05, 0.1) is 0 Å². The fourth-order valence-corrected chi connectivity index (χ4v) is 1.89. The van der Waals surface area contributed by atoms with Gasteiger partial charge in [-0.2, -0.15) is 5.10 Å². The monoisotopic (exact) mass is 273 g/mol. The van der Waals surface area contributed by atoms with Crippen LogP contribution in [-0.2, 0) is 0 Å². The van der Waals surface area contributed by atoms with Crippen molar-refractivity contribution in [2.75, 3.05) is 39.3 Å². The molecule has 0 bridgehead atoms. The van der Waals surface area contributed by atoms with E-state index in [1.165, 1.54) is 0 Å². The minimum Gasteiger partial charge on any atom is -0.349 e. The summed E-state index contributed by atoms with van der Waals surface area (Å²) in [4.78, 5) is 14.0. The van der Waals surface area contributed by atoms with Crippen LogP contribution < -0.4 is 10.6 Å². The molecule has 3 N–H and O–H groups in total. The van der Waals surface area contributed by atoms with Crippen LogP contribution in [-0.4, -0.2) is 60.3 Å². The van der Waals surface area contributed by atoms with Crippen molar-refractivity contribution in [2.24, 2.45) is 0 Å². The van der Waals surface area contributed by atoms with Gasteiger partial charge in [-0.15, -0.1) is 12.4 Å². The van der Waals surface area contributed by atoms with Gasteiger partial charge in [0.2, 0.25) is 0 Å². The average Bonchev–Trinajstić information content (AvgIpc) is 2.77. The number of aromatic amines is 1. The topological polar surface area (TPSA) is 73.1 Å². The first kappa shape index (κ1) is 14.9. The van der Waals surface area contributed by atoms with E-state index >= 15 is 0 Å². The van der Waals surface area contributed by atoms with E-state index in [9.17, 15) is 4.79 Å². The van der Waals surface area contributed by atoms with Crippen molar-refractivity contribution in [1.82, 2.24) is 25.7 Å². The number of hydrogen-bond acceptors (Lipinski definition) is 4. The molecule has 1 saturated heterocycles. The summed E-state index contributed by atoms with van der Waals surface area (Å²) < 4.78 is 0. The zero-order valence-corrected chi connectivity index (χ0v) is 11.3. The molecule has 1 fully saturated rings. The Morgan fingerprint density at radius 1 is 1.50 bits per heavy atom. The SMILES string of the molecule is Cc1cc(C(=O)NCCN2CCNCC2)n[nH]1.Cl. The fraction of sp³-hybridized carbons (Fsp3) is 0.636. The zero-order chi connectivity index (χ0) is 12.1. The molecule has 0 saturated carbocycles. The van der Waals surface area contributed by atoms with Gasteiger partial charge in [-0.1, -0.05) is 0 Å². The standard InChI is InChI=1S/C11H19N5O.ClH/c1-9-8-10(15-14-9)11(17)13-4-7-16-5-2-12-3-6-16;/h8,12H,2-7H2,1H3,(H,13,17)(H,14,15);1H. The van der Waals surface area contributed by atoms with Crippen molar-refractivity contribution in [3.05, 3.63) is 17.5 Å². The number of halogens is 1. The van der Waals surface area contributed by atoms with Gasteiger partial charge >= 0.3 is 0 Å². The maximum atomic E-state index is 11.7. The van der Waals surface area contributed by atoms with Gasteiger partial charge in [0.15, 0.2) is 0 Å². The Kier molecular flexibility index (Phi) is 6.11. The molecular weight excluding hydrogens is 254 g/mol. The van der Waals surface area contributed by atoms with Crippen LogP contribution in [0.25, 0.3) is 0 Å². The van der Waals surface area contributed by atoms with Crippen molar-refractivity contribution in [2.45, 2.75) is 6.92 Å². The van der Waals surface area contributed by atoms with Crippen LogP contribution in [0.2, 0.25) is 0 Å². The number of aromatic nitrogens is 2. The first-order valence-corrected chi connectivity index (χ1v) is 5.99. The second-order valence-electron chi connectivity index (χ2n) is 4.28. The number of nitrogens with zero attached hydrogens (tertiary/aromatic N) is 2. The third-order valence-corrected chi connectivity index (χ3v) is 2.86. The lowest BCUT2D eigenvalue weighted by molar-refractivity contribution is 0.0942. The highest BCUT2D eigenvalue weighted by Gasteiger charge is 2.11. The van der Waals surface area contributed by atoms with Crippen LogP contribution in [0.15, 0.2) is 6.07 Å². The summed E-state index contributed by atoms with van der Waals surface area (Å²) in [5, 5.41) is 12.9. The summed E-state index contributed by atoms with van der Waals surface area (Å²) in [7, 11) is 0. The summed E-state index contributed by atoms with van der Waals surface area (Å²) in [6.07, 6.45) is 0.